The standard InChI is InChI=1S/C18H25O/c1-2-3-4-5-6-7-8-9-10-11-12-13-14-15-16-17-18-19/h2-12H2,1H3. The maximum Gasteiger partial charge on any atom is 0.186 e. The molecule has 0 aliphatic heterocycles. The normalized spacial score (nSPS) is 8.47. The predicted octanol–water partition coefficient (Wildman–Crippen LogP) is 4.70. The zero-order valence-electron chi connectivity index (χ0n) is 12.2. The van der Waals surface area contributed by atoms with Crippen molar-refractivity contribution in [1.29, 1.82) is 0 Å². The van der Waals surface area contributed by atoms with Crippen LogP contribution in [-0.2, 0) is 5.11 Å². The fourth-order valence-corrected chi connectivity index (χ4v) is 1.90. The highest BCUT2D eigenvalue weighted by atomic mass is 16.2. The van der Waals surface area contributed by atoms with Crippen molar-refractivity contribution in [3.8, 4) is 35.7 Å². The average Bonchev–Trinajstić information content (AvgIpc) is 2.43. The van der Waals surface area contributed by atoms with Crippen molar-refractivity contribution in [2.75, 3.05) is 0 Å². The first-order chi connectivity index (χ1) is 9.41. The van der Waals surface area contributed by atoms with E-state index in [1.807, 2.05) is 0 Å². The largest absolute Gasteiger partial charge is 0.223 e. The Kier molecular flexibility index (Phi) is 15.2. The molecule has 0 amide bonds. The fraction of sp³-hybridized carbons (Fsp3) is 0.667. The van der Waals surface area contributed by atoms with Gasteiger partial charge in [-0.3, -0.25) is 0 Å². The Morgan fingerprint density at radius 3 is 1.74 bits per heavy atom. The molecule has 0 aromatic carbocycles. The molecule has 0 unspecified atom stereocenters. The molecule has 0 rings (SSSR count). The SMILES string of the molecule is CCCCCCCCCCCCC#CC#CC#C[O]. The lowest BCUT2D eigenvalue weighted by molar-refractivity contribution is 0.392. The molecule has 1 nitrogen and oxygen atoms in total. The van der Waals surface area contributed by atoms with Crippen LogP contribution in [0.4, 0.5) is 0 Å². The van der Waals surface area contributed by atoms with Crippen molar-refractivity contribution >= 4 is 0 Å². The Bertz CT molecular complexity index is 362. The van der Waals surface area contributed by atoms with Gasteiger partial charge in [-0.25, -0.2) is 5.11 Å². The van der Waals surface area contributed by atoms with E-state index in [0.717, 1.165) is 12.8 Å². The molecule has 19 heavy (non-hydrogen) atoms. The second-order valence-corrected chi connectivity index (χ2v) is 4.71. The van der Waals surface area contributed by atoms with Gasteiger partial charge in [0.1, 0.15) is 0 Å². The van der Waals surface area contributed by atoms with Gasteiger partial charge in [0.25, 0.3) is 0 Å². The third kappa shape index (κ3) is 16.5. The molecule has 1 radical (unpaired) electrons. The Morgan fingerprint density at radius 2 is 1.16 bits per heavy atom. The molecule has 103 valence electrons. The summed E-state index contributed by atoms with van der Waals surface area (Å²) in [4.78, 5) is 0. The summed E-state index contributed by atoms with van der Waals surface area (Å²) in [7, 11) is 0. The van der Waals surface area contributed by atoms with E-state index in [1.165, 1.54) is 63.9 Å². The molecule has 0 spiro atoms. The van der Waals surface area contributed by atoms with Crippen LogP contribution in [0.5, 0.6) is 0 Å². The first-order valence-corrected chi connectivity index (χ1v) is 7.51. The molecule has 1 heteroatoms. The van der Waals surface area contributed by atoms with Crippen molar-refractivity contribution in [2.45, 2.75) is 77.6 Å². The predicted molar refractivity (Wildman–Crippen MR) is 80.5 cm³/mol. The maximum absolute atomic E-state index is 9.75. The van der Waals surface area contributed by atoms with Gasteiger partial charge in [0.15, 0.2) is 6.11 Å². The monoisotopic (exact) mass is 257 g/mol. The Labute approximate surface area is 119 Å². The molecule has 0 saturated carbocycles. The Morgan fingerprint density at radius 1 is 0.632 bits per heavy atom. The topological polar surface area (TPSA) is 19.9 Å². The lowest BCUT2D eigenvalue weighted by Crippen LogP contribution is -1.81. The summed E-state index contributed by atoms with van der Waals surface area (Å²) in [6, 6.07) is 0. The van der Waals surface area contributed by atoms with Gasteiger partial charge in [0.05, 0.1) is 0 Å². The molecule has 0 aliphatic rings. The maximum atomic E-state index is 9.75. The van der Waals surface area contributed by atoms with Crippen LogP contribution < -0.4 is 0 Å². The van der Waals surface area contributed by atoms with Gasteiger partial charge in [-0.15, -0.1) is 0 Å². The van der Waals surface area contributed by atoms with Crippen LogP contribution in [0.2, 0.25) is 0 Å². The summed E-state index contributed by atoms with van der Waals surface area (Å²) in [6.45, 7) is 2.26. The third-order valence-electron chi connectivity index (χ3n) is 2.98. The highest BCUT2D eigenvalue weighted by molar-refractivity contribution is 5.34. The zero-order valence-corrected chi connectivity index (χ0v) is 12.2. The van der Waals surface area contributed by atoms with Gasteiger partial charge < -0.3 is 0 Å². The molecule has 0 aromatic heterocycles. The number of hydrogen-bond donors (Lipinski definition) is 0. The lowest BCUT2D eigenvalue weighted by Gasteiger charge is -2.00. The van der Waals surface area contributed by atoms with Gasteiger partial charge in [-0.2, -0.15) is 0 Å². The van der Waals surface area contributed by atoms with Crippen LogP contribution in [0.3, 0.4) is 0 Å². The molecule has 0 bridgehead atoms. The Hall–Kier alpha value is -1.52. The van der Waals surface area contributed by atoms with Crippen molar-refractivity contribution in [1.82, 2.24) is 0 Å². The molecule has 0 N–H and O–H groups in total. The van der Waals surface area contributed by atoms with Crippen LogP contribution in [0.25, 0.3) is 0 Å². The fourth-order valence-electron chi connectivity index (χ4n) is 1.90. The summed E-state index contributed by atoms with van der Waals surface area (Å²) in [5.41, 5.74) is 0. The summed E-state index contributed by atoms with van der Waals surface area (Å²) in [5, 5.41) is 9.75. The molecule has 0 heterocycles. The van der Waals surface area contributed by atoms with E-state index in [2.05, 4.69) is 36.5 Å². The van der Waals surface area contributed by atoms with E-state index in [0.29, 0.717) is 0 Å². The molecule has 0 aromatic rings. The molecule has 0 aliphatic carbocycles. The average molecular weight is 257 g/mol. The quantitative estimate of drug-likeness (QED) is 0.399. The first-order valence-electron chi connectivity index (χ1n) is 7.51. The van der Waals surface area contributed by atoms with Crippen LogP contribution in [0, 0.1) is 35.7 Å². The summed E-state index contributed by atoms with van der Waals surface area (Å²) >= 11 is 0. The van der Waals surface area contributed by atoms with Gasteiger partial charge in [0, 0.05) is 18.3 Å². The summed E-state index contributed by atoms with van der Waals surface area (Å²) < 4.78 is 0. The molecule has 0 atom stereocenters. The van der Waals surface area contributed by atoms with Crippen LogP contribution in [-0.4, -0.2) is 0 Å². The minimum atomic E-state index is 0.899. The van der Waals surface area contributed by atoms with Crippen molar-refractivity contribution < 1.29 is 5.11 Å². The van der Waals surface area contributed by atoms with Crippen LogP contribution in [0.15, 0.2) is 0 Å². The van der Waals surface area contributed by atoms with Crippen molar-refractivity contribution in [3.05, 3.63) is 0 Å². The minimum absolute atomic E-state index is 0.899. The van der Waals surface area contributed by atoms with E-state index in [4.69, 9.17) is 0 Å². The number of rotatable bonds is 10. The first kappa shape index (κ1) is 17.5. The molecule has 0 saturated heterocycles. The van der Waals surface area contributed by atoms with Gasteiger partial charge in [0.2, 0.25) is 0 Å². The minimum Gasteiger partial charge on any atom is -0.223 e. The molecular formula is C18H25O. The Balaban J connectivity index is 3.18. The second kappa shape index (κ2) is 16.5. The van der Waals surface area contributed by atoms with E-state index in [-0.39, 0.29) is 0 Å². The molecule has 0 fully saturated rings. The summed E-state index contributed by atoms with van der Waals surface area (Å²) in [6.07, 6.45) is 15.8. The second-order valence-electron chi connectivity index (χ2n) is 4.71. The van der Waals surface area contributed by atoms with Crippen molar-refractivity contribution in [2.24, 2.45) is 0 Å². The lowest BCUT2D eigenvalue weighted by atomic mass is 10.1. The van der Waals surface area contributed by atoms with Crippen molar-refractivity contribution in [3.63, 3.8) is 0 Å². The van der Waals surface area contributed by atoms with Crippen LogP contribution in [0.1, 0.15) is 77.6 Å². The van der Waals surface area contributed by atoms with E-state index in [1.54, 1.807) is 0 Å². The zero-order chi connectivity index (χ0) is 14.0. The smallest absolute Gasteiger partial charge is 0.186 e. The van der Waals surface area contributed by atoms with Gasteiger partial charge in [-0.1, -0.05) is 70.6 Å². The summed E-state index contributed by atoms with van der Waals surface area (Å²) in [5.74, 6) is 12.7. The van der Waals surface area contributed by atoms with Crippen LogP contribution >= 0.6 is 0 Å². The third-order valence-corrected chi connectivity index (χ3v) is 2.98. The highest BCUT2D eigenvalue weighted by Crippen LogP contribution is 2.10. The number of unbranched alkanes of at least 4 members (excludes halogenated alkanes) is 10. The van der Waals surface area contributed by atoms with E-state index < -0.39 is 0 Å². The van der Waals surface area contributed by atoms with Gasteiger partial charge >= 0.3 is 0 Å². The van der Waals surface area contributed by atoms with Gasteiger partial charge in [-0.05, 0) is 18.3 Å². The number of hydrogen-bond acceptors (Lipinski definition) is 0. The van der Waals surface area contributed by atoms with E-state index in [9.17, 15) is 5.11 Å². The highest BCUT2D eigenvalue weighted by Gasteiger charge is 1.91. The molecular weight excluding hydrogens is 232 g/mol. The van der Waals surface area contributed by atoms with E-state index >= 15 is 0 Å².